The predicted octanol–water partition coefficient (Wildman–Crippen LogP) is 5.81. The summed E-state index contributed by atoms with van der Waals surface area (Å²) in [5.41, 5.74) is 2.78. The summed E-state index contributed by atoms with van der Waals surface area (Å²) < 4.78 is 31.0. The summed E-state index contributed by atoms with van der Waals surface area (Å²) in [6.45, 7) is 2.44. The highest BCUT2D eigenvalue weighted by molar-refractivity contribution is 5.99. The number of benzene rings is 3. The lowest BCUT2D eigenvalue weighted by Crippen LogP contribution is -2.12. The molecule has 0 amide bonds. The molecule has 0 unspecified atom stereocenters. The van der Waals surface area contributed by atoms with Crippen molar-refractivity contribution in [3.05, 3.63) is 89.2 Å². The highest BCUT2D eigenvalue weighted by Gasteiger charge is 2.10. The second-order valence-electron chi connectivity index (χ2n) is 6.91. The van der Waals surface area contributed by atoms with Crippen LogP contribution in [0.25, 0.3) is 0 Å². The first-order chi connectivity index (χ1) is 14.6. The average molecular weight is 407 g/mol. The molecule has 0 fully saturated rings. The minimum absolute atomic E-state index is 0.138. The van der Waals surface area contributed by atoms with E-state index in [1.807, 2.05) is 49.4 Å². The van der Waals surface area contributed by atoms with Crippen molar-refractivity contribution in [1.82, 2.24) is 0 Å². The average Bonchev–Trinajstić information content (AvgIpc) is 2.78. The van der Waals surface area contributed by atoms with Crippen molar-refractivity contribution >= 4 is 5.71 Å². The van der Waals surface area contributed by atoms with Gasteiger partial charge in [0.25, 0.3) is 0 Å². The third kappa shape index (κ3) is 5.60. The molecule has 0 aliphatic rings. The van der Waals surface area contributed by atoms with E-state index < -0.39 is 0 Å². The second kappa shape index (κ2) is 10.4. The summed E-state index contributed by atoms with van der Waals surface area (Å²) in [4.78, 5) is 0. The molecule has 3 rings (SSSR count). The van der Waals surface area contributed by atoms with Crippen molar-refractivity contribution in [2.45, 2.75) is 26.4 Å². The van der Waals surface area contributed by atoms with Crippen LogP contribution in [-0.2, 0) is 13.0 Å². The fourth-order valence-corrected chi connectivity index (χ4v) is 3.05. The molecule has 0 saturated heterocycles. The summed E-state index contributed by atoms with van der Waals surface area (Å²) in [5, 5.41) is 8.15. The van der Waals surface area contributed by atoms with E-state index in [0.717, 1.165) is 17.5 Å². The van der Waals surface area contributed by atoms with Gasteiger partial charge in [0.15, 0.2) is 11.5 Å². The number of halogens is 1. The molecule has 30 heavy (non-hydrogen) atoms. The number of methoxy groups -OCH3 is 1. The molecule has 4 nitrogen and oxygen atoms in total. The van der Waals surface area contributed by atoms with Gasteiger partial charge in [0, 0.05) is 6.07 Å². The van der Waals surface area contributed by atoms with Crippen molar-refractivity contribution in [2.24, 2.45) is 0 Å². The molecule has 0 saturated carbocycles. The van der Waals surface area contributed by atoms with Crippen LogP contribution in [0.4, 0.5) is 4.39 Å². The Balaban J connectivity index is 1.61. The molecule has 0 aliphatic heterocycles. The van der Waals surface area contributed by atoms with E-state index >= 15 is 0 Å². The largest absolute Gasteiger partial charge is 0.493 e. The van der Waals surface area contributed by atoms with E-state index in [0.29, 0.717) is 34.9 Å². The Morgan fingerprint density at radius 3 is 2.43 bits per heavy atom. The van der Waals surface area contributed by atoms with E-state index in [2.05, 4.69) is 0 Å². The molecule has 0 radical (unpaired) electrons. The van der Waals surface area contributed by atoms with E-state index in [4.69, 9.17) is 19.6 Å². The van der Waals surface area contributed by atoms with Crippen LogP contribution in [-0.4, -0.2) is 19.4 Å². The molecule has 0 atom stereocenters. The lowest BCUT2D eigenvalue weighted by atomic mass is 10.1. The summed E-state index contributed by atoms with van der Waals surface area (Å²) in [6.07, 6.45) is 1.61. The van der Waals surface area contributed by atoms with Gasteiger partial charge in [-0.1, -0.05) is 55.8 Å². The van der Waals surface area contributed by atoms with Gasteiger partial charge in [0.05, 0.1) is 12.8 Å². The minimum Gasteiger partial charge on any atom is -0.493 e. The van der Waals surface area contributed by atoms with Gasteiger partial charge >= 0.3 is 0 Å². The quantitative estimate of drug-likeness (QED) is 0.431. The molecule has 0 bridgehead atoms. The Bertz CT molecular complexity index is 989. The van der Waals surface area contributed by atoms with Crippen LogP contribution in [0.15, 0.2) is 66.7 Å². The second-order valence-corrected chi connectivity index (χ2v) is 6.91. The number of aryl methyl sites for hydroxylation is 1. The van der Waals surface area contributed by atoms with Crippen molar-refractivity contribution in [3.8, 4) is 17.2 Å². The van der Waals surface area contributed by atoms with Crippen LogP contribution >= 0.6 is 0 Å². The molecular formula is C25H26FNO3. The van der Waals surface area contributed by atoms with Gasteiger partial charge in [-0.25, -0.2) is 4.39 Å². The summed E-state index contributed by atoms with van der Waals surface area (Å²) in [7, 11) is 1.57. The third-order valence-corrected chi connectivity index (χ3v) is 4.67. The van der Waals surface area contributed by atoms with Gasteiger partial charge in [-0.05, 0) is 41.3 Å². The molecule has 3 aromatic carbocycles. The number of rotatable bonds is 10. The van der Waals surface area contributed by atoms with Crippen molar-refractivity contribution < 1.29 is 18.6 Å². The smallest absolute Gasteiger partial charge is 0.161 e. The first kappa shape index (κ1) is 21.4. The molecule has 0 aliphatic carbocycles. The van der Waals surface area contributed by atoms with E-state index in [1.165, 1.54) is 6.07 Å². The zero-order chi connectivity index (χ0) is 21.3. The number of ether oxygens (including phenoxy) is 3. The molecule has 1 N–H and O–H groups in total. The lowest BCUT2D eigenvalue weighted by Gasteiger charge is -2.13. The molecular weight excluding hydrogens is 381 g/mol. The third-order valence-electron chi connectivity index (χ3n) is 4.67. The zero-order valence-electron chi connectivity index (χ0n) is 17.3. The Kier molecular flexibility index (Phi) is 7.44. The van der Waals surface area contributed by atoms with Crippen LogP contribution in [0.3, 0.4) is 0 Å². The van der Waals surface area contributed by atoms with Gasteiger partial charge in [-0.2, -0.15) is 0 Å². The van der Waals surface area contributed by atoms with Crippen molar-refractivity contribution in [2.75, 3.05) is 13.7 Å². The molecule has 3 aromatic rings. The summed E-state index contributed by atoms with van der Waals surface area (Å²) in [5.74, 6) is 1.36. The van der Waals surface area contributed by atoms with Crippen LogP contribution in [0.1, 0.15) is 30.0 Å². The number of hydrogen-bond acceptors (Lipinski definition) is 4. The zero-order valence-corrected chi connectivity index (χ0v) is 17.3. The van der Waals surface area contributed by atoms with Gasteiger partial charge in [0.1, 0.15) is 24.8 Å². The number of hydrogen-bond donors (Lipinski definition) is 1. The van der Waals surface area contributed by atoms with Crippen LogP contribution in [0.5, 0.6) is 17.2 Å². The molecule has 156 valence electrons. The van der Waals surface area contributed by atoms with Crippen molar-refractivity contribution in [1.29, 1.82) is 5.41 Å². The lowest BCUT2D eigenvalue weighted by molar-refractivity contribution is 0.301. The predicted molar refractivity (Wildman–Crippen MR) is 116 cm³/mol. The summed E-state index contributed by atoms with van der Waals surface area (Å²) >= 11 is 0. The maximum Gasteiger partial charge on any atom is 0.161 e. The van der Waals surface area contributed by atoms with Crippen LogP contribution in [0, 0.1) is 11.2 Å². The fourth-order valence-electron chi connectivity index (χ4n) is 3.05. The Morgan fingerprint density at radius 2 is 1.73 bits per heavy atom. The van der Waals surface area contributed by atoms with Crippen molar-refractivity contribution in [3.63, 3.8) is 0 Å². The highest BCUT2D eigenvalue weighted by Crippen LogP contribution is 2.29. The van der Waals surface area contributed by atoms with Crippen LogP contribution in [0.2, 0.25) is 0 Å². The minimum atomic E-state index is -0.239. The first-order valence-electron chi connectivity index (χ1n) is 9.94. The molecule has 5 heteroatoms. The van der Waals surface area contributed by atoms with Gasteiger partial charge < -0.3 is 19.6 Å². The Hall–Kier alpha value is -3.34. The molecule has 0 spiro atoms. The maximum atomic E-state index is 14.1. The monoisotopic (exact) mass is 407 g/mol. The Morgan fingerprint density at radius 1 is 0.933 bits per heavy atom. The van der Waals surface area contributed by atoms with Gasteiger partial charge in [-0.15, -0.1) is 0 Å². The molecule has 0 aromatic heterocycles. The molecule has 0 heterocycles. The fraction of sp³-hybridized carbons (Fsp3) is 0.240. The summed E-state index contributed by atoms with van der Waals surface area (Å²) in [6, 6.07) is 19.9. The van der Waals surface area contributed by atoms with E-state index in [9.17, 15) is 4.39 Å². The highest BCUT2D eigenvalue weighted by atomic mass is 19.1. The standard InChI is InChI=1S/C25H26FNO3/c1-3-7-19-11-12-21(15-22(19)26)29-16-18-10-13-24(25(14-18)28-2)30-17-23(27)20-8-5-4-6-9-20/h4-6,8-15,27H,3,7,16-17H2,1-2H3. The number of nitrogens with one attached hydrogen (secondary N) is 1. The Labute approximate surface area is 176 Å². The topological polar surface area (TPSA) is 51.5 Å². The van der Waals surface area contributed by atoms with Gasteiger partial charge in [-0.3, -0.25) is 0 Å². The van der Waals surface area contributed by atoms with E-state index in [1.54, 1.807) is 25.3 Å². The first-order valence-corrected chi connectivity index (χ1v) is 9.94. The maximum absolute atomic E-state index is 14.1. The SMILES string of the molecule is CCCc1ccc(OCc2ccc(OCC(=N)c3ccccc3)c(OC)c2)cc1F. The van der Waals surface area contributed by atoms with Gasteiger partial charge in [0.2, 0.25) is 0 Å². The van der Waals surface area contributed by atoms with Crippen LogP contribution < -0.4 is 14.2 Å². The van der Waals surface area contributed by atoms with E-state index in [-0.39, 0.29) is 19.0 Å². The normalized spacial score (nSPS) is 10.5.